The van der Waals surface area contributed by atoms with E-state index in [1.165, 1.54) is 0 Å². The largest absolute Gasteiger partial charge is 0.294 e. The molecule has 3 rings (SSSR count). The molecule has 0 saturated carbocycles. The van der Waals surface area contributed by atoms with Crippen molar-refractivity contribution >= 4 is 39.9 Å². The monoisotopic (exact) mass is 315 g/mol. The predicted octanol–water partition coefficient (Wildman–Crippen LogP) is 4.97. The summed E-state index contributed by atoms with van der Waals surface area (Å²) in [7, 11) is 0. The Morgan fingerprint density at radius 1 is 1.05 bits per heavy atom. The summed E-state index contributed by atoms with van der Waals surface area (Å²) in [5.41, 5.74) is 2.04. The first kappa shape index (κ1) is 14.1. The number of carbonyl (C=O) groups is 1. The normalized spacial score (nSPS) is 10.8. The van der Waals surface area contributed by atoms with E-state index in [0.29, 0.717) is 21.1 Å². The summed E-state index contributed by atoms with van der Waals surface area (Å²) in [4.78, 5) is 16.9. The van der Waals surface area contributed by atoms with E-state index in [2.05, 4.69) is 4.98 Å². The standard InChI is InChI=1S/C17H11Cl2NO/c18-13-6-7-15(19)12(9-13)10-16(21)14-5-1-3-11-4-2-8-20-17(11)14/h1-9H,10H2. The number of para-hydroxylation sites is 1. The molecule has 4 heteroatoms. The van der Waals surface area contributed by atoms with Crippen LogP contribution in [0.4, 0.5) is 0 Å². The smallest absolute Gasteiger partial charge is 0.169 e. The summed E-state index contributed by atoms with van der Waals surface area (Å²) in [5.74, 6) is -0.0246. The van der Waals surface area contributed by atoms with Gasteiger partial charge in [0.1, 0.15) is 0 Å². The van der Waals surface area contributed by atoms with Crippen LogP contribution in [0.15, 0.2) is 54.7 Å². The maximum absolute atomic E-state index is 12.5. The molecule has 1 aromatic heterocycles. The van der Waals surface area contributed by atoms with E-state index in [1.807, 2.05) is 24.3 Å². The molecule has 0 N–H and O–H groups in total. The number of benzene rings is 2. The molecule has 21 heavy (non-hydrogen) atoms. The van der Waals surface area contributed by atoms with Gasteiger partial charge >= 0.3 is 0 Å². The Morgan fingerprint density at radius 2 is 1.86 bits per heavy atom. The van der Waals surface area contributed by atoms with E-state index in [0.717, 1.165) is 10.9 Å². The van der Waals surface area contributed by atoms with E-state index in [-0.39, 0.29) is 12.2 Å². The molecule has 3 aromatic rings. The third-order valence-electron chi connectivity index (χ3n) is 3.29. The number of pyridine rings is 1. The zero-order valence-corrected chi connectivity index (χ0v) is 12.5. The van der Waals surface area contributed by atoms with E-state index >= 15 is 0 Å². The van der Waals surface area contributed by atoms with Crippen molar-refractivity contribution in [1.29, 1.82) is 0 Å². The molecule has 0 radical (unpaired) electrons. The molecule has 0 aliphatic heterocycles. The van der Waals surface area contributed by atoms with Crippen LogP contribution in [0.3, 0.4) is 0 Å². The summed E-state index contributed by atoms with van der Waals surface area (Å²) in [6.07, 6.45) is 1.89. The summed E-state index contributed by atoms with van der Waals surface area (Å²) in [6.45, 7) is 0. The summed E-state index contributed by atoms with van der Waals surface area (Å²) in [6, 6.07) is 14.5. The fourth-order valence-electron chi connectivity index (χ4n) is 2.28. The number of aromatic nitrogens is 1. The highest BCUT2D eigenvalue weighted by Crippen LogP contribution is 2.24. The van der Waals surface area contributed by atoms with Crippen LogP contribution < -0.4 is 0 Å². The average molecular weight is 316 g/mol. The summed E-state index contributed by atoms with van der Waals surface area (Å²) in [5, 5.41) is 2.06. The number of nitrogens with zero attached hydrogens (tertiary/aromatic N) is 1. The van der Waals surface area contributed by atoms with Gasteiger partial charge in [-0.2, -0.15) is 0 Å². The molecule has 0 fully saturated rings. The first-order valence-corrected chi connectivity index (χ1v) is 7.21. The van der Waals surface area contributed by atoms with Crippen LogP contribution in [-0.4, -0.2) is 10.8 Å². The van der Waals surface area contributed by atoms with Crippen molar-refractivity contribution in [2.45, 2.75) is 6.42 Å². The van der Waals surface area contributed by atoms with Gasteiger partial charge in [-0.05, 0) is 35.9 Å². The second kappa shape index (κ2) is 5.84. The second-order valence-electron chi connectivity index (χ2n) is 4.72. The Balaban J connectivity index is 1.99. The topological polar surface area (TPSA) is 30.0 Å². The number of Topliss-reactive ketones (excluding diaryl/α,β-unsaturated/α-hetero) is 1. The molecule has 2 aromatic carbocycles. The van der Waals surface area contributed by atoms with Crippen LogP contribution in [0, 0.1) is 0 Å². The highest BCUT2D eigenvalue weighted by molar-refractivity contribution is 6.33. The van der Waals surface area contributed by atoms with Crippen molar-refractivity contribution in [3.63, 3.8) is 0 Å². The minimum absolute atomic E-state index is 0.0246. The first-order chi connectivity index (χ1) is 10.1. The average Bonchev–Trinajstić information content (AvgIpc) is 2.50. The maximum Gasteiger partial charge on any atom is 0.169 e. The molecule has 1 heterocycles. The van der Waals surface area contributed by atoms with Crippen LogP contribution in [-0.2, 0) is 6.42 Å². The van der Waals surface area contributed by atoms with Crippen LogP contribution in [0.5, 0.6) is 0 Å². The van der Waals surface area contributed by atoms with Crippen LogP contribution in [0.1, 0.15) is 15.9 Å². The molecule has 104 valence electrons. The molecule has 0 saturated heterocycles. The molecule has 0 amide bonds. The third kappa shape index (κ3) is 2.92. The highest BCUT2D eigenvalue weighted by atomic mass is 35.5. The van der Waals surface area contributed by atoms with Crippen molar-refractivity contribution in [1.82, 2.24) is 4.98 Å². The van der Waals surface area contributed by atoms with Crippen molar-refractivity contribution in [2.24, 2.45) is 0 Å². The molecule has 0 aliphatic carbocycles. The Morgan fingerprint density at radius 3 is 2.71 bits per heavy atom. The SMILES string of the molecule is O=C(Cc1cc(Cl)ccc1Cl)c1cccc2cccnc12. The van der Waals surface area contributed by atoms with Gasteiger partial charge in [0.2, 0.25) is 0 Å². The summed E-state index contributed by atoms with van der Waals surface area (Å²) < 4.78 is 0. The molecule has 2 nitrogen and oxygen atoms in total. The molecular weight excluding hydrogens is 305 g/mol. The maximum atomic E-state index is 12.5. The van der Waals surface area contributed by atoms with Gasteiger partial charge in [-0.3, -0.25) is 9.78 Å². The lowest BCUT2D eigenvalue weighted by Gasteiger charge is -2.07. The van der Waals surface area contributed by atoms with Crippen molar-refractivity contribution < 1.29 is 4.79 Å². The number of ketones is 1. The lowest BCUT2D eigenvalue weighted by molar-refractivity contribution is 0.0994. The van der Waals surface area contributed by atoms with E-state index in [1.54, 1.807) is 30.5 Å². The van der Waals surface area contributed by atoms with E-state index < -0.39 is 0 Å². The fourth-order valence-corrected chi connectivity index (χ4v) is 2.66. The Labute approximate surface area is 132 Å². The van der Waals surface area contributed by atoms with E-state index in [9.17, 15) is 4.79 Å². The van der Waals surface area contributed by atoms with Gasteiger partial charge in [0.15, 0.2) is 5.78 Å². The highest BCUT2D eigenvalue weighted by Gasteiger charge is 2.13. The first-order valence-electron chi connectivity index (χ1n) is 6.46. The quantitative estimate of drug-likeness (QED) is 0.639. The number of fused-ring (bicyclic) bond motifs is 1. The van der Waals surface area contributed by atoms with Gasteiger partial charge in [-0.1, -0.05) is 41.4 Å². The zero-order valence-electron chi connectivity index (χ0n) is 11.0. The van der Waals surface area contributed by atoms with Crippen molar-refractivity contribution in [2.75, 3.05) is 0 Å². The molecule has 0 atom stereocenters. The molecule has 0 unspecified atom stereocenters. The lowest BCUT2D eigenvalue weighted by Crippen LogP contribution is -2.05. The molecule has 0 aliphatic rings. The van der Waals surface area contributed by atoms with Gasteiger partial charge in [0.25, 0.3) is 0 Å². The Bertz CT molecular complexity index is 825. The van der Waals surface area contributed by atoms with Gasteiger partial charge in [-0.15, -0.1) is 0 Å². The third-order valence-corrected chi connectivity index (χ3v) is 3.90. The predicted molar refractivity (Wildman–Crippen MR) is 86.2 cm³/mol. The molecule has 0 bridgehead atoms. The fraction of sp³-hybridized carbons (Fsp3) is 0.0588. The zero-order chi connectivity index (χ0) is 14.8. The molecule has 0 spiro atoms. The Hall–Kier alpha value is -1.90. The van der Waals surface area contributed by atoms with Gasteiger partial charge in [-0.25, -0.2) is 0 Å². The Kier molecular flexibility index (Phi) is 3.91. The van der Waals surface area contributed by atoms with E-state index in [4.69, 9.17) is 23.2 Å². The second-order valence-corrected chi connectivity index (χ2v) is 5.56. The van der Waals surface area contributed by atoms with Gasteiger partial charge < -0.3 is 0 Å². The van der Waals surface area contributed by atoms with Crippen LogP contribution in [0.25, 0.3) is 10.9 Å². The molecular formula is C17H11Cl2NO. The number of hydrogen-bond donors (Lipinski definition) is 0. The van der Waals surface area contributed by atoms with Crippen molar-refractivity contribution in [3.8, 4) is 0 Å². The van der Waals surface area contributed by atoms with Crippen LogP contribution in [0.2, 0.25) is 10.0 Å². The number of halogens is 2. The minimum atomic E-state index is -0.0246. The summed E-state index contributed by atoms with van der Waals surface area (Å²) >= 11 is 12.1. The van der Waals surface area contributed by atoms with Crippen molar-refractivity contribution in [3.05, 3.63) is 75.9 Å². The van der Waals surface area contributed by atoms with Crippen LogP contribution >= 0.6 is 23.2 Å². The minimum Gasteiger partial charge on any atom is -0.294 e. The number of hydrogen-bond acceptors (Lipinski definition) is 2. The van der Waals surface area contributed by atoms with Gasteiger partial charge in [0.05, 0.1) is 5.52 Å². The van der Waals surface area contributed by atoms with Gasteiger partial charge in [0, 0.05) is 33.6 Å². The number of carbonyl (C=O) groups excluding carboxylic acids is 1. The number of rotatable bonds is 3. The lowest BCUT2D eigenvalue weighted by atomic mass is 10.0.